The highest BCUT2D eigenvalue weighted by Crippen LogP contribution is 2.18. The van der Waals surface area contributed by atoms with Gasteiger partial charge in [0.2, 0.25) is 0 Å². The SMILES string of the molecule is CNC(CCOCCOC)Cc1ccc(F)c(Br)c1. The van der Waals surface area contributed by atoms with Gasteiger partial charge in [-0.3, -0.25) is 0 Å². The van der Waals surface area contributed by atoms with Crippen LogP contribution in [0.1, 0.15) is 12.0 Å². The molecule has 0 spiro atoms. The molecule has 3 nitrogen and oxygen atoms in total. The van der Waals surface area contributed by atoms with E-state index in [1.54, 1.807) is 7.11 Å². The third kappa shape index (κ3) is 6.47. The summed E-state index contributed by atoms with van der Waals surface area (Å²) >= 11 is 3.21. The van der Waals surface area contributed by atoms with Crippen LogP contribution in [0, 0.1) is 5.82 Å². The molecule has 1 unspecified atom stereocenters. The van der Waals surface area contributed by atoms with E-state index in [1.165, 1.54) is 6.07 Å². The smallest absolute Gasteiger partial charge is 0.137 e. The Hall–Kier alpha value is -0.490. The average molecular weight is 334 g/mol. The zero-order chi connectivity index (χ0) is 14.1. The molecular formula is C14H21BrFNO2. The summed E-state index contributed by atoms with van der Waals surface area (Å²) in [6.07, 6.45) is 1.76. The van der Waals surface area contributed by atoms with E-state index in [-0.39, 0.29) is 5.82 Å². The Morgan fingerprint density at radius 2 is 2.11 bits per heavy atom. The average Bonchev–Trinajstić information content (AvgIpc) is 2.41. The molecule has 0 radical (unpaired) electrons. The molecule has 0 aliphatic heterocycles. The van der Waals surface area contributed by atoms with Crippen molar-refractivity contribution < 1.29 is 13.9 Å². The van der Waals surface area contributed by atoms with Gasteiger partial charge in [0, 0.05) is 19.8 Å². The number of benzene rings is 1. The van der Waals surface area contributed by atoms with Gasteiger partial charge in [-0.05, 0) is 53.5 Å². The number of methoxy groups -OCH3 is 1. The quantitative estimate of drug-likeness (QED) is 0.705. The van der Waals surface area contributed by atoms with Gasteiger partial charge in [0.05, 0.1) is 17.7 Å². The van der Waals surface area contributed by atoms with Crippen molar-refractivity contribution in [3.05, 3.63) is 34.1 Å². The molecule has 108 valence electrons. The van der Waals surface area contributed by atoms with Crippen LogP contribution in [0.15, 0.2) is 22.7 Å². The standard InChI is InChI=1S/C14H21BrFNO2/c1-17-12(5-6-19-8-7-18-2)9-11-3-4-14(16)13(15)10-11/h3-4,10,12,17H,5-9H2,1-2H3. The van der Waals surface area contributed by atoms with Gasteiger partial charge >= 0.3 is 0 Å². The molecule has 5 heteroatoms. The second kappa shape index (κ2) is 9.42. The number of hydrogen-bond donors (Lipinski definition) is 1. The molecule has 0 fully saturated rings. The van der Waals surface area contributed by atoms with Gasteiger partial charge in [-0.1, -0.05) is 6.07 Å². The Morgan fingerprint density at radius 1 is 1.32 bits per heavy atom. The van der Waals surface area contributed by atoms with E-state index < -0.39 is 0 Å². The van der Waals surface area contributed by atoms with E-state index in [0.717, 1.165) is 18.4 Å². The summed E-state index contributed by atoms with van der Waals surface area (Å²) in [7, 11) is 3.59. The Bertz CT molecular complexity index is 376. The molecule has 0 saturated carbocycles. The van der Waals surface area contributed by atoms with E-state index in [0.29, 0.717) is 30.3 Å². The lowest BCUT2D eigenvalue weighted by atomic mass is 10.0. The van der Waals surface area contributed by atoms with Crippen molar-refractivity contribution >= 4 is 15.9 Å². The van der Waals surface area contributed by atoms with E-state index in [9.17, 15) is 4.39 Å². The lowest BCUT2D eigenvalue weighted by Gasteiger charge is -2.16. The number of rotatable bonds is 9. The maximum absolute atomic E-state index is 13.1. The van der Waals surface area contributed by atoms with Crippen molar-refractivity contribution in [1.82, 2.24) is 5.32 Å². The van der Waals surface area contributed by atoms with Crippen molar-refractivity contribution in [2.24, 2.45) is 0 Å². The van der Waals surface area contributed by atoms with Gasteiger partial charge in [0.1, 0.15) is 5.82 Å². The lowest BCUT2D eigenvalue weighted by molar-refractivity contribution is 0.0661. The van der Waals surface area contributed by atoms with Gasteiger partial charge in [-0.15, -0.1) is 0 Å². The highest BCUT2D eigenvalue weighted by Gasteiger charge is 2.09. The predicted molar refractivity (Wildman–Crippen MR) is 78.0 cm³/mol. The van der Waals surface area contributed by atoms with Crippen LogP contribution >= 0.6 is 15.9 Å². The second-order valence-electron chi connectivity index (χ2n) is 4.33. The van der Waals surface area contributed by atoms with Gasteiger partial charge < -0.3 is 14.8 Å². The Balaban J connectivity index is 2.36. The highest BCUT2D eigenvalue weighted by atomic mass is 79.9. The molecular weight excluding hydrogens is 313 g/mol. The summed E-state index contributed by atoms with van der Waals surface area (Å²) in [5.41, 5.74) is 1.10. The Labute approximate surface area is 122 Å². The largest absolute Gasteiger partial charge is 0.382 e. The summed E-state index contributed by atoms with van der Waals surface area (Å²) in [6, 6.07) is 5.45. The van der Waals surface area contributed by atoms with Gasteiger partial charge in [0.15, 0.2) is 0 Å². The number of ether oxygens (including phenoxy) is 2. The first-order valence-corrected chi connectivity index (χ1v) is 7.14. The van der Waals surface area contributed by atoms with Crippen molar-refractivity contribution in [3.8, 4) is 0 Å². The highest BCUT2D eigenvalue weighted by molar-refractivity contribution is 9.10. The molecule has 1 aromatic rings. The third-order valence-corrected chi connectivity index (χ3v) is 3.52. The van der Waals surface area contributed by atoms with Crippen molar-refractivity contribution in [2.45, 2.75) is 18.9 Å². The first kappa shape index (κ1) is 16.6. The zero-order valence-electron chi connectivity index (χ0n) is 11.4. The molecule has 0 bridgehead atoms. The van der Waals surface area contributed by atoms with Crippen LogP contribution in [-0.2, 0) is 15.9 Å². The van der Waals surface area contributed by atoms with E-state index >= 15 is 0 Å². The maximum atomic E-state index is 13.1. The first-order valence-electron chi connectivity index (χ1n) is 6.35. The zero-order valence-corrected chi connectivity index (χ0v) is 13.0. The molecule has 1 rings (SSSR count). The van der Waals surface area contributed by atoms with Crippen LogP contribution in [0.4, 0.5) is 4.39 Å². The fraction of sp³-hybridized carbons (Fsp3) is 0.571. The first-order chi connectivity index (χ1) is 9.17. The van der Waals surface area contributed by atoms with Crippen LogP contribution in [0.25, 0.3) is 0 Å². The van der Waals surface area contributed by atoms with E-state index in [1.807, 2.05) is 19.2 Å². The Kier molecular flexibility index (Phi) is 8.21. The molecule has 0 saturated heterocycles. The van der Waals surface area contributed by atoms with Crippen molar-refractivity contribution in [2.75, 3.05) is 34.0 Å². The van der Waals surface area contributed by atoms with Crippen molar-refractivity contribution in [3.63, 3.8) is 0 Å². The van der Waals surface area contributed by atoms with E-state index in [4.69, 9.17) is 9.47 Å². The number of nitrogens with one attached hydrogen (secondary N) is 1. The summed E-state index contributed by atoms with van der Waals surface area (Å²) in [6.45, 7) is 1.93. The monoisotopic (exact) mass is 333 g/mol. The Morgan fingerprint density at radius 3 is 2.74 bits per heavy atom. The van der Waals surface area contributed by atoms with Gasteiger partial charge in [0.25, 0.3) is 0 Å². The second-order valence-corrected chi connectivity index (χ2v) is 5.19. The molecule has 0 aromatic heterocycles. The summed E-state index contributed by atoms with van der Waals surface area (Å²) in [5.74, 6) is -0.229. The number of likely N-dealkylation sites (N-methyl/N-ethyl adjacent to an activating group) is 1. The minimum atomic E-state index is -0.229. The summed E-state index contributed by atoms with van der Waals surface area (Å²) in [5, 5.41) is 3.26. The molecule has 0 aliphatic carbocycles. The lowest BCUT2D eigenvalue weighted by Crippen LogP contribution is -2.29. The molecule has 0 aliphatic rings. The van der Waals surface area contributed by atoms with Crippen LogP contribution in [0.5, 0.6) is 0 Å². The normalized spacial score (nSPS) is 12.6. The van der Waals surface area contributed by atoms with Crippen LogP contribution < -0.4 is 5.32 Å². The minimum absolute atomic E-state index is 0.229. The predicted octanol–water partition coefficient (Wildman–Crippen LogP) is 2.77. The number of hydrogen-bond acceptors (Lipinski definition) is 3. The molecule has 1 N–H and O–H groups in total. The molecule has 0 heterocycles. The van der Waals surface area contributed by atoms with Gasteiger partial charge in [-0.2, -0.15) is 0 Å². The molecule has 1 atom stereocenters. The van der Waals surface area contributed by atoms with Crippen LogP contribution in [-0.4, -0.2) is 40.0 Å². The van der Waals surface area contributed by atoms with Crippen LogP contribution in [0.2, 0.25) is 0 Å². The minimum Gasteiger partial charge on any atom is -0.382 e. The molecule has 0 amide bonds. The van der Waals surface area contributed by atoms with Crippen LogP contribution in [0.3, 0.4) is 0 Å². The number of halogens is 2. The third-order valence-electron chi connectivity index (χ3n) is 2.92. The van der Waals surface area contributed by atoms with Crippen molar-refractivity contribution in [1.29, 1.82) is 0 Å². The fourth-order valence-corrected chi connectivity index (χ4v) is 2.20. The molecule has 1 aromatic carbocycles. The fourth-order valence-electron chi connectivity index (χ4n) is 1.77. The summed E-state index contributed by atoms with van der Waals surface area (Å²) < 4.78 is 24.0. The summed E-state index contributed by atoms with van der Waals surface area (Å²) in [4.78, 5) is 0. The topological polar surface area (TPSA) is 30.5 Å². The van der Waals surface area contributed by atoms with E-state index in [2.05, 4.69) is 21.2 Å². The van der Waals surface area contributed by atoms with Gasteiger partial charge in [-0.25, -0.2) is 4.39 Å². The molecule has 19 heavy (non-hydrogen) atoms. The maximum Gasteiger partial charge on any atom is 0.137 e.